The highest BCUT2D eigenvalue weighted by Crippen LogP contribution is 2.31. The second kappa shape index (κ2) is 3.16. The second-order valence-corrected chi connectivity index (χ2v) is 3.27. The molecule has 0 unspecified atom stereocenters. The number of fused-ring (bicyclic) bond motifs is 1. The molecule has 0 aliphatic rings. The largest absolute Gasteiger partial charge is 0.506 e. The van der Waals surface area contributed by atoms with E-state index in [2.05, 4.69) is 0 Å². The van der Waals surface area contributed by atoms with E-state index in [0.717, 1.165) is 0 Å². The molecule has 0 atom stereocenters. The van der Waals surface area contributed by atoms with Gasteiger partial charge in [-0.2, -0.15) is 0 Å². The van der Waals surface area contributed by atoms with Gasteiger partial charge in [-0.25, -0.2) is 0 Å². The quantitative estimate of drug-likeness (QED) is 0.607. The molecule has 0 saturated carbocycles. The van der Waals surface area contributed by atoms with Gasteiger partial charge in [0.05, 0.1) is 5.56 Å². The van der Waals surface area contributed by atoms with Crippen LogP contribution in [-0.4, -0.2) is 11.0 Å². The average molecular weight is 202 g/mol. The van der Waals surface area contributed by atoms with E-state index < -0.39 is 5.91 Å². The van der Waals surface area contributed by atoms with Gasteiger partial charge >= 0.3 is 0 Å². The molecule has 76 valence electrons. The van der Waals surface area contributed by atoms with Crippen molar-refractivity contribution < 1.29 is 9.90 Å². The average Bonchev–Trinajstić information content (AvgIpc) is 2.19. The molecule has 0 aliphatic carbocycles. The number of anilines is 1. The summed E-state index contributed by atoms with van der Waals surface area (Å²) in [5, 5.41) is 11.0. The Kier molecular flexibility index (Phi) is 1.97. The zero-order valence-electron chi connectivity index (χ0n) is 7.90. The summed E-state index contributed by atoms with van der Waals surface area (Å²) in [5.74, 6) is -0.774. The summed E-state index contributed by atoms with van der Waals surface area (Å²) in [6.07, 6.45) is 0. The van der Waals surface area contributed by atoms with Gasteiger partial charge in [-0.3, -0.25) is 4.79 Å². The second-order valence-electron chi connectivity index (χ2n) is 3.27. The molecule has 5 N–H and O–H groups in total. The van der Waals surface area contributed by atoms with E-state index in [1.165, 1.54) is 6.07 Å². The molecule has 4 nitrogen and oxygen atoms in total. The van der Waals surface area contributed by atoms with E-state index in [-0.39, 0.29) is 11.3 Å². The summed E-state index contributed by atoms with van der Waals surface area (Å²) in [7, 11) is 0. The van der Waals surface area contributed by atoms with Crippen molar-refractivity contribution in [3.63, 3.8) is 0 Å². The predicted octanol–water partition coefficient (Wildman–Crippen LogP) is 1.23. The zero-order valence-corrected chi connectivity index (χ0v) is 7.90. The lowest BCUT2D eigenvalue weighted by Gasteiger charge is -2.06. The van der Waals surface area contributed by atoms with E-state index in [0.29, 0.717) is 16.5 Å². The van der Waals surface area contributed by atoms with E-state index in [1.54, 1.807) is 24.3 Å². The molecule has 4 heteroatoms. The maximum Gasteiger partial charge on any atom is 0.252 e. The maximum atomic E-state index is 11.0. The topological polar surface area (TPSA) is 89.3 Å². The molecule has 0 fully saturated rings. The normalized spacial score (nSPS) is 10.4. The fourth-order valence-electron chi connectivity index (χ4n) is 1.57. The van der Waals surface area contributed by atoms with Crippen LogP contribution in [0.1, 0.15) is 10.4 Å². The standard InChI is InChI=1S/C11H10N2O2/c12-9-3-1-2-7-6(9)4-5-8(10(7)14)11(13)15/h1-5,14H,12H2,(H2,13,15). The van der Waals surface area contributed by atoms with Crippen molar-refractivity contribution in [2.45, 2.75) is 0 Å². The Morgan fingerprint density at radius 2 is 1.87 bits per heavy atom. The summed E-state index contributed by atoms with van der Waals surface area (Å²) in [4.78, 5) is 11.0. The molecule has 2 aromatic carbocycles. The fraction of sp³-hybridized carbons (Fsp3) is 0. The summed E-state index contributed by atoms with van der Waals surface area (Å²) >= 11 is 0. The van der Waals surface area contributed by atoms with Gasteiger partial charge in [0.15, 0.2) is 0 Å². The number of carbonyl (C=O) groups excluding carboxylic acids is 1. The van der Waals surface area contributed by atoms with Crippen LogP contribution < -0.4 is 11.5 Å². The number of hydrogen-bond acceptors (Lipinski definition) is 3. The fourth-order valence-corrected chi connectivity index (χ4v) is 1.57. The molecular formula is C11H10N2O2. The first-order chi connectivity index (χ1) is 7.11. The summed E-state index contributed by atoms with van der Waals surface area (Å²) in [6.45, 7) is 0. The van der Waals surface area contributed by atoms with E-state index in [1.807, 2.05) is 0 Å². The molecule has 15 heavy (non-hydrogen) atoms. The van der Waals surface area contributed by atoms with Crippen LogP contribution in [0, 0.1) is 0 Å². The first-order valence-electron chi connectivity index (χ1n) is 4.41. The molecule has 1 amide bonds. The zero-order chi connectivity index (χ0) is 11.0. The lowest BCUT2D eigenvalue weighted by molar-refractivity contribution is 0.0998. The number of nitrogen functional groups attached to an aromatic ring is 1. The van der Waals surface area contributed by atoms with Gasteiger partial charge in [-0.15, -0.1) is 0 Å². The number of amides is 1. The highest BCUT2D eigenvalue weighted by molar-refractivity contribution is 6.05. The number of phenols is 1. The van der Waals surface area contributed by atoms with Crippen molar-refractivity contribution in [2.24, 2.45) is 5.73 Å². The number of primary amides is 1. The van der Waals surface area contributed by atoms with Crippen LogP contribution in [-0.2, 0) is 0 Å². The SMILES string of the molecule is NC(=O)c1ccc2c(N)cccc2c1O. The lowest BCUT2D eigenvalue weighted by Crippen LogP contribution is -2.11. The van der Waals surface area contributed by atoms with Crippen molar-refractivity contribution in [1.82, 2.24) is 0 Å². The minimum absolute atomic E-state index is 0.105. The van der Waals surface area contributed by atoms with E-state index in [9.17, 15) is 9.90 Å². The Hall–Kier alpha value is -2.23. The molecule has 2 rings (SSSR count). The third-order valence-electron chi connectivity index (χ3n) is 2.33. The van der Waals surface area contributed by atoms with Crippen LogP contribution in [0.2, 0.25) is 0 Å². The van der Waals surface area contributed by atoms with Crippen molar-refractivity contribution in [3.05, 3.63) is 35.9 Å². The summed E-state index contributed by atoms with van der Waals surface area (Å²) in [5.41, 5.74) is 11.5. The molecule has 0 bridgehead atoms. The molecule has 2 aromatic rings. The molecule has 0 radical (unpaired) electrons. The maximum absolute atomic E-state index is 11.0. The van der Waals surface area contributed by atoms with Gasteiger partial charge in [0.25, 0.3) is 5.91 Å². The van der Waals surface area contributed by atoms with Crippen LogP contribution in [0.15, 0.2) is 30.3 Å². The van der Waals surface area contributed by atoms with Crippen LogP contribution >= 0.6 is 0 Å². The Bertz CT molecular complexity index is 550. The highest BCUT2D eigenvalue weighted by atomic mass is 16.3. The molecule has 0 heterocycles. The minimum Gasteiger partial charge on any atom is -0.506 e. The Labute approximate surface area is 86.1 Å². The first-order valence-corrected chi connectivity index (χ1v) is 4.41. The summed E-state index contributed by atoms with van der Waals surface area (Å²) < 4.78 is 0. The number of nitrogens with two attached hydrogens (primary N) is 2. The molecule has 0 aromatic heterocycles. The van der Waals surface area contributed by atoms with Crippen molar-refractivity contribution in [2.75, 3.05) is 5.73 Å². The van der Waals surface area contributed by atoms with Crippen LogP contribution in [0.25, 0.3) is 10.8 Å². The third kappa shape index (κ3) is 1.36. The van der Waals surface area contributed by atoms with Crippen LogP contribution in [0.5, 0.6) is 5.75 Å². The van der Waals surface area contributed by atoms with Gasteiger partial charge in [-0.05, 0) is 12.1 Å². The molecule has 0 aliphatic heterocycles. The number of benzene rings is 2. The van der Waals surface area contributed by atoms with Crippen molar-refractivity contribution in [1.29, 1.82) is 0 Å². The Balaban J connectivity index is 2.86. The van der Waals surface area contributed by atoms with Gasteiger partial charge in [-0.1, -0.05) is 18.2 Å². The summed E-state index contributed by atoms with van der Waals surface area (Å²) in [6, 6.07) is 8.27. The minimum atomic E-state index is -0.656. The third-order valence-corrected chi connectivity index (χ3v) is 2.33. The van der Waals surface area contributed by atoms with Gasteiger partial charge < -0.3 is 16.6 Å². The van der Waals surface area contributed by atoms with Crippen molar-refractivity contribution >= 4 is 22.4 Å². The first kappa shape index (κ1) is 9.33. The number of carbonyl (C=O) groups is 1. The number of aromatic hydroxyl groups is 1. The highest BCUT2D eigenvalue weighted by Gasteiger charge is 2.11. The van der Waals surface area contributed by atoms with Crippen LogP contribution in [0.3, 0.4) is 0 Å². The van der Waals surface area contributed by atoms with E-state index >= 15 is 0 Å². The van der Waals surface area contributed by atoms with E-state index in [4.69, 9.17) is 11.5 Å². The number of rotatable bonds is 1. The van der Waals surface area contributed by atoms with Gasteiger partial charge in [0, 0.05) is 16.5 Å². The van der Waals surface area contributed by atoms with Crippen molar-refractivity contribution in [3.8, 4) is 5.75 Å². The van der Waals surface area contributed by atoms with Gasteiger partial charge in [0.2, 0.25) is 0 Å². The molecule has 0 spiro atoms. The molecular weight excluding hydrogens is 192 g/mol. The lowest BCUT2D eigenvalue weighted by atomic mass is 10.0. The number of hydrogen-bond donors (Lipinski definition) is 3. The predicted molar refractivity (Wildman–Crippen MR) is 58.5 cm³/mol. The monoisotopic (exact) mass is 202 g/mol. The molecule has 0 saturated heterocycles. The Morgan fingerprint density at radius 1 is 1.13 bits per heavy atom. The Morgan fingerprint density at radius 3 is 2.53 bits per heavy atom. The smallest absolute Gasteiger partial charge is 0.252 e. The van der Waals surface area contributed by atoms with Gasteiger partial charge in [0.1, 0.15) is 5.75 Å². The van der Waals surface area contributed by atoms with Crippen LogP contribution in [0.4, 0.5) is 5.69 Å².